The van der Waals surface area contributed by atoms with Crippen LogP contribution in [-0.4, -0.2) is 24.2 Å². The number of aliphatic carboxylic acids is 1. The molecule has 0 aromatic heterocycles. The normalized spacial score (nSPS) is 9.71. The molecule has 90 valence electrons. The maximum Gasteiger partial charge on any atom is 0.305 e. The van der Waals surface area contributed by atoms with Crippen molar-refractivity contribution in [3.05, 3.63) is 29.3 Å². The summed E-state index contributed by atoms with van der Waals surface area (Å²) in [5, 5.41) is 17.5. The van der Waals surface area contributed by atoms with Crippen LogP contribution in [0.25, 0.3) is 0 Å². The number of anilines is 1. The van der Waals surface area contributed by atoms with Gasteiger partial charge in [0.2, 0.25) is 0 Å². The highest BCUT2D eigenvalue weighted by molar-refractivity contribution is 5.68. The first-order valence-electron chi connectivity index (χ1n) is 5.46. The lowest BCUT2D eigenvalue weighted by atomic mass is 10.1. The number of nitrogens with zero attached hydrogens (tertiary/aromatic N) is 2. The summed E-state index contributed by atoms with van der Waals surface area (Å²) in [6.45, 7) is 4.49. The van der Waals surface area contributed by atoms with Gasteiger partial charge in [-0.3, -0.25) is 4.79 Å². The number of carboxylic acid groups (broad SMARTS) is 1. The van der Waals surface area contributed by atoms with Gasteiger partial charge in [0.05, 0.1) is 12.5 Å². The molecule has 4 heteroatoms. The Bertz CT molecular complexity index is 429. The van der Waals surface area contributed by atoms with Gasteiger partial charge in [0.15, 0.2) is 0 Å². The van der Waals surface area contributed by atoms with Crippen molar-refractivity contribution < 1.29 is 9.90 Å². The van der Waals surface area contributed by atoms with Gasteiger partial charge in [-0.1, -0.05) is 18.2 Å². The van der Waals surface area contributed by atoms with Gasteiger partial charge in [0.1, 0.15) is 6.54 Å². The summed E-state index contributed by atoms with van der Waals surface area (Å²) < 4.78 is 0. The SMILES string of the molecule is Cc1cccc(C)c1N(CC#N)CCC(=O)O. The summed E-state index contributed by atoms with van der Waals surface area (Å²) >= 11 is 0. The average Bonchev–Trinajstić information content (AvgIpc) is 2.25. The molecule has 0 heterocycles. The van der Waals surface area contributed by atoms with E-state index in [4.69, 9.17) is 10.4 Å². The molecule has 0 fully saturated rings. The summed E-state index contributed by atoms with van der Waals surface area (Å²) in [5.41, 5.74) is 3.09. The zero-order valence-corrected chi connectivity index (χ0v) is 10.1. The number of hydrogen-bond acceptors (Lipinski definition) is 3. The zero-order chi connectivity index (χ0) is 12.8. The van der Waals surface area contributed by atoms with E-state index < -0.39 is 5.97 Å². The zero-order valence-electron chi connectivity index (χ0n) is 10.1. The van der Waals surface area contributed by atoms with Crippen LogP contribution in [0.3, 0.4) is 0 Å². The number of carboxylic acids is 1. The molecule has 0 atom stereocenters. The van der Waals surface area contributed by atoms with Crippen LogP contribution in [0.2, 0.25) is 0 Å². The van der Waals surface area contributed by atoms with Gasteiger partial charge in [0, 0.05) is 12.2 Å². The molecule has 0 bridgehead atoms. The van der Waals surface area contributed by atoms with Gasteiger partial charge in [-0.25, -0.2) is 0 Å². The molecule has 0 saturated carbocycles. The molecule has 0 radical (unpaired) electrons. The lowest BCUT2D eigenvalue weighted by molar-refractivity contribution is -0.136. The topological polar surface area (TPSA) is 64.3 Å². The predicted molar refractivity (Wildman–Crippen MR) is 66.0 cm³/mol. The van der Waals surface area contributed by atoms with Crippen LogP contribution >= 0.6 is 0 Å². The average molecular weight is 232 g/mol. The Morgan fingerprint density at radius 2 is 2.00 bits per heavy atom. The Balaban J connectivity index is 2.97. The fraction of sp³-hybridized carbons (Fsp3) is 0.385. The van der Waals surface area contributed by atoms with Crippen molar-refractivity contribution in [1.82, 2.24) is 0 Å². The van der Waals surface area contributed by atoms with Gasteiger partial charge >= 0.3 is 5.97 Å². The monoisotopic (exact) mass is 232 g/mol. The van der Waals surface area contributed by atoms with Crippen LogP contribution in [0.4, 0.5) is 5.69 Å². The smallest absolute Gasteiger partial charge is 0.305 e. The summed E-state index contributed by atoms with van der Waals surface area (Å²) in [6, 6.07) is 7.96. The molecular weight excluding hydrogens is 216 g/mol. The molecule has 1 N–H and O–H groups in total. The van der Waals surface area contributed by atoms with E-state index in [9.17, 15) is 4.79 Å². The molecule has 4 nitrogen and oxygen atoms in total. The van der Waals surface area contributed by atoms with Crippen molar-refractivity contribution in [3.63, 3.8) is 0 Å². The van der Waals surface area contributed by atoms with E-state index in [1.54, 1.807) is 0 Å². The van der Waals surface area contributed by atoms with Crippen molar-refractivity contribution in [2.24, 2.45) is 0 Å². The molecule has 0 aliphatic rings. The van der Waals surface area contributed by atoms with E-state index in [1.165, 1.54) is 0 Å². The second-order valence-electron chi connectivity index (χ2n) is 3.96. The molecule has 17 heavy (non-hydrogen) atoms. The molecule has 0 saturated heterocycles. The standard InChI is InChI=1S/C13H16N2O2/c1-10-4-3-5-11(2)13(10)15(9-7-14)8-6-12(16)17/h3-5H,6,8-9H2,1-2H3,(H,16,17). The largest absolute Gasteiger partial charge is 0.481 e. The van der Waals surface area contributed by atoms with E-state index in [1.807, 2.05) is 36.9 Å². The molecular formula is C13H16N2O2. The van der Waals surface area contributed by atoms with E-state index in [0.29, 0.717) is 6.54 Å². The van der Waals surface area contributed by atoms with Crippen molar-refractivity contribution >= 4 is 11.7 Å². The maximum absolute atomic E-state index is 10.6. The summed E-state index contributed by atoms with van der Waals surface area (Å²) in [4.78, 5) is 12.4. The van der Waals surface area contributed by atoms with Gasteiger partial charge in [-0.15, -0.1) is 0 Å². The molecule has 1 aromatic rings. The van der Waals surface area contributed by atoms with E-state index in [0.717, 1.165) is 16.8 Å². The quantitative estimate of drug-likeness (QED) is 0.790. The van der Waals surface area contributed by atoms with Crippen molar-refractivity contribution in [3.8, 4) is 6.07 Å². The predicted octanol–water partition coefficient (Wildman–Crippen LogP) is 2.11. The Morgan fingerprint density at radius 1 is 1.41 bits per heavy atom. The Kier molecular flexibility index (Phi) is 4.53. The Hall–Kier alpha value is -2.02. The molecule has 0 unspecified atom stereocenters. The van der Waals surface area contributed by atoms with E-state index >= 15 is 0 Å². The fourth-order valence-corrected chi connectivity index (χ4v) is 1.89. The number of para-hydroxylation sites is 1. The number of carbonyl (C=O) groups is 1. The summed E-state index contributed by atoms with van der Waals surface area (Å²) in [5.74, 6) is -0.848. The summed E-state index contributed by atoms with van der Waals surface area (Å²) in [6.07, 6.45) is 0.0372. The van der Waals surface area contributed by atoms with Crippen molar-refractivity contribution in [1.29, 1.82) is 5.26 Å². The Labute approximate surface area is 101 Å². The first-order chi connectivity index (χ1) is 8.06. The third-order valence-corrected chi connectivity index (χ3v) is 2.61. The van der Waals surface area contributed by atoms with Crippen molar-refractivity contribution in [2.75, 3.05) is 18.0 Å². The van der Waals surface area contributed by atoms with Crippen LogP contribution in [0.1, 0.15) is 17.5 Å². The number of hydrogen-bond donors (Lipinski definition) is 1. The second-order valence-corrected chi connectivity index (χ2v) is 3.96. The van der Waals surface area contributed by atoms with Gasteiger partial charge in [0.25, 0.3) is 0 Å². The van der Waals surface area contributed by atoms with Gasteiger partial charge < -0.3 is 10.0 Å². The van der Waals surface area contributed by atoms with Crippen molar-refractivity contribution in [2.45, 2.75) is 20.3 Å². The highest BCUT2D eigenvalue weighted by atomic mass is 16.4. The minimum Gasteiger partial charge on any atom is -0.481 e. The minimum atomic E-state index is -0.848. The number of nitriles is 1. The first kappa shape index (κ1) is 13.0. The molecule has 0 aliphatic heterocycles. The second kappa shape index (κ2) is 5.90. The lowest BCUT2D eigenvalue weighted by Crippen LogP contribution is -2.27. The first-order valence-corrected chi connectivity index (χ1v) is 5.46. The third-order valence-electron chi connectivity index (χ3n) is 2.61. The minimum absolute atomic E-state index is 0.0372. The van der Waals surface area contributed by atoms with Gasteiger partial charge in [-0.05, 0) is 25.0 Å². The number of aryl methyl sites for hydroxylation is 2. The lowest BCUT2D eigenvalue weighted by Gasteiger charge is -2.24. The Morgan fingerprint density at radius 3 is 2.47 bits per heavy atom. The third kappa shape index (κ3) is 3.49. The van der Waals surface area contributed by atoms with E-state index in [2.05, 4.69) is 6.07 Å². The van der Waals surface area contributed by atoms with Crippen LogP contribution in [0.15, 0.2) is 18.2 Å². The molecule has 1 rings (SSSR count). The molecule has 0 spiro atoms. The fourth-order valence-electron chi connectivity index (χ4n) is 1.89. The molecule has 1 aromatic carbocycles. The number of rotatable bonds is 5. The summed E-state index contributed by atoms with van der Waals surface area (Å²) in [7, 11) is 0. The highest BCUT2D eigenvalue weighted by Gasteiger charge is 2.12. The maximum atomic E-state index is 10.6. The van der Waals surface area contributed by atoms with Gasteiger partial charge in [-0.2, -0.15) is 5.26 Å². The van der Waals surface area contributed by atoms with Crippen LogP contribution in [-0.2, 0) is 4.79 Å². The van der Waals surface area contributed by atoms with E-state index in [-0.39, 0.29) is 13.0 Å². The van der Waals surface area contributed by atoms with Crippen LogP contribution in [0, 0.1) is 25.2 Å². The highest BCUT2D eigenvalue weighted by Crippen LogP contribution is 2.24. The van der Waals surface area contributed by atoms with Crippen LogP contribution in [0.5, 0.6) is 0 Å². The molecule has 0 amide bonds. The van der Waals surface area contributed by atoms with Crippen LogP contribution < -0.4 is 4.90 Å². The molecule has 0 aliphatic carbocycles. The number of benzene rings is 1.